The van der Waals surface area contributed by atoms with Crippen LogP contribution in [0.3, 0.4) is 0 Å². The van der Waals surface area contributed by atoms with Gasteiger partial charge in [-0.05, 0) is 36.1 Å². The van der Waals surface area contributed by atoms with Gasteiger partial charge in [0, 0.05) is 33.6 Å². The zero-order chi connectivity index (χ0) is 30.2. The van der Waals surface area contributed by atoms with Gasteiger partial charge in [0.05, 0.1) is 5.69 Å². The Morgan fingerprint density at radius 1 is 0.878 bits per heavy atom. The van der Waals surface area contributed by atoms with Crippen LogP contribution in [-0.2, 0) is 32.8 Å². The molecule has 0 heterocycles. The molecule has 1 atom stereocenters. The smallest absolute Gasteiger partial charge is 0.304 e. The molecule has 0 radical (unpaired) electrons. The number of hydrogen-bond acceptors (Lipinski definition) is 4. The largest absolute Gasteiger partial charge is 0.354 e. The number of anilines is 1. The van der Waals surface area contributed by atoms with E-state index in [0.29, 0.717) is 6.54 Å². The van der Waals surface area contributed by atoms with Crippen molar-refractivity contribution in [3.8, 4) is 0 Å². The summed E-state index contributed by atoms with van der Waals surface area (Å²) in [6.07, 6.45) is 0.211. The predicted molar refractivity (Wildman–Crippen MR) is 160 cm³/mol. The summed E-state index contributed by atoms with van der Waals surface area (Å²) in [5, 5.41) is 2.94. The average molecular weight is 583 g/mol. The fourth-order valence-corrected chi connectivity index (χ4v) is 5.29. The van der Waals surface area contributed by atoms with Gasteiger partial charge in [0.15, 0.2) is 0 Å². The van der Waals surface area contributed by atoms with Crippen molar-refractivity contribution >= 4 is 27.7 Å². The summed E-state index contributed by atoms with van der Waals surface area (Å²) in [5.41, 5.74) is 2.39. The lowest BCUT2D eigenvalue weighted by Crippen LogP contribution is -2.54. The van der Waals surface area contributed by atoms with E-state index >= 15 is 0 Å². The fourth-order valence-electron chi connectivity index (χ4n) is 4.22. The van der Waals surface area contributed by atoms with Crippen LogP contribution in [0, 0.1) is 18.7 Å². The molecular formula is C31H39FN4O4S. The molecule has 0 fully saturated rings. The summed E-state index contributed by atoms with van der Waals surface area (Å²) in [4.78, 5) is 29.2. The normalized spacial score (nSPS) is 12.3. The number of nitrogens with one attached hydrogen (secondary N) is 1. The first-order valence-electron chi connectivity index (χ1n) is 13.5. The molecule has 0 aliphatic rings. The minimum Gasteiger partial charge on any atom is -0.354 e. The molecule has 0 bridgehead atoms. The third-order valence-corrected chi connectivity index (χ3v) is 8.37. The van der Waals surface area contributed by atoms with Gasteiger partial charge in [-0.25, -0.2) is 8.70 Å². The number of carbonyl (C=O) groups excluding carboxylic acids is 2. The van der Waals surface area contributed by atoms with Gasteiger partial charge in [-0.3, -0.25) is 9.59 Å². The predicted octanol–water partition coefficient (Wildman–Crippen LogP) is 4.16. The molecule has 3 aromatic carbocycles. The summed E-state index contributed by atoms with van der Waals surface area (Å²) >= 11 is 0. The molecule has 2 amide bonds. The minimum atomic E-state index is -4.27. The second-order valence-corrected chi connectivity index (χ2v) is 12.7. The van der Waals surface area contributed by atoms with Gasteiger partial charge >= 0.3 is 10.2 Å². The first kappa shape index (κ1) is 31.8. The molecule has 0 aliphatic carbocycles. The summed E-state index contributed by atoms with van der Waals surface area (Å²) < 4.78 is 43.3. The number of para-hydroxylation sites is 1. The van der Waals surface area contributed by atoms with E-state index in [2.05, 4.69) is 5.32 Å². The quantitative estimate of drug-likeness (QED) is 0.328. The Kier molecular flexibility index (Phi) is 11.0. The molecule has 0 unspecified atom stereocenters. The molecule has 8 nitrogen and oxygen atoms in total. The van der Waals surface area contributed by atoms with E-state index < -0.39 is 34.5 Å². The lowest BCUT2D eigenvalue weighted by molar-refractivity contribution is -0.140. The maximum Gasteiger partial charge on any atom is 0.304 e. The molecule has 0 aromatic heterocycles. The summed E-state index contributed by atoms with van der Waals surface area (Å²) in [5.74, 6) is -1.60. The highest BCUT2D eigenvalue weighted by Gasteiger charge is 2.35. The lowest BCUT2D eigenvalue weighted by atomic mass is 10.0. The van der Waals surface area contributed by atoms with E-state index in [1.165, 1.54) is 37.2 Å². The Hall–Kier alpha value is -3.76. The highest BCUT2D eigenvalue weighted by molar-refractivity contribution is 7.90. The standard InChI is InChI=1S/C31H39FN4O4S/c1-23(2)20-33-31(38)29(19-25-11-7-6-8-12-25)35(21-26-17-15-24(3)16-18-26)30(37)22-36(41(39,40)34(4)5)28-14-10-9-13-27(28)32/h6-18,23,29H,19-22H2,1-5H3,(H,33,38)/t29-/m1/s1. The number of amides is 2. The van der Waals surface area contributed by atoms with Crippen LogP contribution in [0.4, 0.5) is 10.1 Å². The van der Waals surface area contributed by atoms with Gasteiger partial charge < -0.3 is 10.2 Å². The summed E-state index contributed by atoms with van der Waals surface area (Å²) in [6, 6.07) is 21.3. The zero-order valence-electron chi connectivity index (χ0n) is 24.2. The van der Waals surface area contributed by atoms with Crippen LogP contribution in [0.1, 0.15) is 30.5 Å². The molecule has 0 aliphatic heterocycles. The van der Waals surface area contributed by atoms with E-state index in [9.17, 15) is 22.4 Å². The number of aryl methyl sites for hydroxylation is 1. The van der Waals surface area contributed by atoms with E-state index in [1.807, 2.05) is 75.4 Å². The van der Waals surface area contributed by atoms with Crippen LogP contribution in [-0.4, -0.2) is 62.7 Å². The maximum atomic E-state index is 14.9. The van der Waals surface area contributed by atoms with Crippen LogP contribution >= 0.6 is 0 Å². The molecule has 220 valence electrons. The summed E-state index contributed by atoms with van der Waals surface area (Å²) in [6.45, 7) is 5.66. The van der Waals surface area contributed by atoms with E-state index in [1.54, 1.807) is 0 Å². The van der Waals surface area contributed by atoms with Crippen molar-refractivity contribution in [3.63, 3.8) is 0 Å². The zero-order valence-corrected chi connectivity index (χ0v) is 25.1. The van der Waals surface area contributed by atoms with Crippen molar-refractivity contribution in [1.29, 1.82) is 0 Å². The van der Waals surface area contributed by atoms with Crippen LogP contribution in [0.25, 0.3) is 0 Å². The Morgan fingerprint density at radius 3 is 2.07 bits per heavy atom. The monoisotopic (exact) mass is 582 g/mol. The van der Waals surface area contributed by atoms with E-state index in [-0.39, 0.29) is 30.5 Å². The average Bonchev–Trinajstić information content (AvgIpc) is 2.94. The van der Waals surface area contributed by atoms with Crippen LogP contribution in [0.2, 0.25) is 0 Å². The molecule has 0 saturated heterocycles. The molecule has 3 rings (SSSR count). The lowest BCUT2D eigenvalue weighted by Gasteiger charge is -2.34. The van der Waals surface area contributed by atoms with E-state index in [4.69, 9.17) is 0 Å². The van der Waals surface area contributed by atoms with Crippen molar-refractivity contribution in [2.75, 3.05) is 31.5 Å². The van der Waals surface area contributed by atoms with Gasteiger partial charge in [0.1, 0.15) is 18.4 Å². The first-order chi connectivity index (χ1) is 19.4. The van der Waals surface area contributed by atoms with Crippen molar-refractivity contribution in [2.24, 2.45) is 5.92 Å². The number of halogens is 1. The molecule has 0 spiro atoms. The van der Waals surface area contributed by atoms with Crippen molar-refractivity contribution in [2.45, 2.75) is 39.8 Å². The maximum absolute atomic E-state index is 14.9. The highest BCUT2D eigenvalue weighted by Crippen LogP contribution is 2.24. The number of carbonyl (C=O) groups is 2. The SMILES string of the molecule is Cc1ccc(CN(C(=O)CN(c2ccccc2F)S(=O)(=O)N(C)C)[C@H](Cc2ccccc2)C(=O)NCC(C)C)cc1. The molecular weight excluding hydrogens is 543 g/mol. The van der Waals surface area contributed by atoms with Gasteiger partial charge in [-0.1, -0.05) is 86.1 Å². The van der Waals surface area contributed by atoms with E-state index in [0.717, 1.165) is 31.4 Å². The second-order valence-electron chi connectivity index (χ2n) is 10.6. The van der Waals surface area contributed by atoms with Gasteiger partial charge in [0.2, 0.25) is 11.8 Å². The van der Waals surface area contributed by atoms with Gasteiger partial charge in [-0.15, -0.1) is 0 Å². The number of hydrogen-bond donors (Lipinski definition) is 1. The van der Waals surface area contributed by atoms with Crippen molar-refractivity contribution < 1.29 is 22.4 Å². The third kappa shape index (κ3) is 8.61. The molecule has 10 heteroatoms. The third-order valence-electron chi connectivity index (χ3n) is 6.57. The second kappa shape index (κ2) is 14.2. The molecule has 1 N–H and O–H groups in total. The Morgan fingerprint density at radius 2 is 1.49 bits per heavy atom. The molecule has 0 saturated carbocycles. The minimum absolute atomic E-state index is 0.0544. The van der Waals surface area contributed by atoms with Crippen LogP contribution in [0.5, 0.6) is 0 Å². The van der Waals surface area contributed by atoms with Crippen LogP contribution in [0.15, 0.2) is 78.9 Å². The summed E-state index contributed by atoms with van der Waals surface area (Å²) in [7, 11) is -1.64. The topological polar surface area (TPSA) is 90.0 Å². The molecule has 3 aromatic rings. The number of rotatable bonds is 13. The highest BCUT2D eigenvalue weighted by atomic mass is 32.2. The first-order valence-corrected chi connectivity index (χ1v) is 14.9. The Balaban J connectivity index is 2.09. The van der Waals surface area contributed by atoms with Gasteiger partial charge in [-0.2, -0.15) is 12.7 Å². The van der Waals surface area contributed by atoms with Crippen LogP contribution < -0.4 is 9.62 Å². The number of benzene rings is 3. The van der Waals surface area contributed by atoms with Gasteiger partial charge in [0.25, 0.3) is 0 Å². The Bertz CT molecular complexity index is 1410. The fraction of sp³-hybridized carbons (Fsp3) is 0.355. The van der Waals surface area contributed by atoms with Crippen molar-refractivity contribution in [3.05, 3.63) is 101 Å². The molecule has 41 heavy (non-hydrogen) atoms. The Labute approximate surface area is 243 Å². The number of nitrogens with zero attached hydrogens (tertiary/aromatic N) is 3. The van der Waals surface area contributed by atoms with Crippen molar-refractivity contribution in [1.82, 2.24) is 14.5 Å².